The number of nitrogen functional groups attached to an aromatic ring is 1. The zero-order valence-corrected chi connectivity index (χ0v) is 16.2. The molecule has 0 radical (unpaired) electrons. The van der Waals surface area contributed by atoms with Crippen molar-refractivity contribution in [3.05, 3.63) is 12.3 Å². The van der Waals surface area contributed by atoms with Crippen molar-refractivity contribution < 1.29 is 27.0 Å². The minimum absolute atomic E-state index is 0.0687. The van der Waals surface area contributed by atoms with Crippen LogP contribution in [0.5, 0.6) is 5.88 Å². The van der Waals surface area contributed by atoms with Crippen LogP contribution in [-0.4, -0.2) is 70.9 Å². The quantitative estimate of drug-likeness (QED) is 0.698. The third kappa shape index (κ3) is 3.89. The lowest BCUT2D eigenvalue weighted by molar-refractivity contribution is -0.0524. The van der Waals surface area contributed by atoms with Crippen LogP contribution in [0, 0.1) is 0 Å². The summed E-state index contributed by atoms with van der Waals surface area (Å²) < 4.78 is 62.9. The molecule has 0 unspecified atom stereocenters. The summed E-state index contributed by atoms with van der Waals surface area (Å²) in [6.07, 6.45) is 1.89. The molecule has 9 nitrogen and oxygen atoms in total. The van der Waals surface area contributed by atoms with E-state index in [2.05, 4.69) is 24.7 Å². The van der Waals surface area contributed by atoms with E-state index in [-0.39, 0.29) is 42.3 Å². The van der Waals surface area contributed by atoms with E-state index in [4.69, 9.17) is 10.5 Å². The minimum Gasteiger partial charge on any atom is -0.413 e. The van der Waals surface area contributed by atoms with E-state index in [1.165, 1.54) is 17.2 Å². The molecule has 3 saturated heterocycles. The molecule has 2 bridgehead atoms. The van der Waals surface area contributed by atoms with Crippen molar-refractivity contribution in [1.82, 2.24) is 19.9 Å². The highest BCUT2D eigenvalue weighted by Crippen LogP contribution is 2.36. The zero-order chi connectivity index (χ0) is 21.8. The number of nitrogens with zero attached hydrogens (tertiary/aromatic N) is 6. The first-order valence-corrected chi connectivity index (χ1v) is 9.75. The maximum Gasteiger partial charge on any atom is 0.388 e. The van der Waals surface area contributed by atoms with Crippen molar-refractivity contribution in [3.8, 4) is 17.3 Å². The van der Waals surface area contributed by atoms with Gasteiger partial charge in [0.1, 0.15) is 11.5 Å². The SMILES string of the molecule is Nc1ncc(-c2cc(N3CCC(F)(F)C3)nc(N3C[C@H]4C[C@@H]3CO4)n2)nc1OC(F)F. The Hall–Kier alpha value is -2.96. The van der Waals surface area contributed by atoms with Gasteiger partial charge in [0, 0.05) is 25.6 Å². The van der Waals surface area contributed by atoms with E-state index >= 15 is 0 Å². The fourth-order valence-electron chi connectivity index (χ4n) is 4.10. The van der Waals surface area contributed by atoms with Crippen molar-refractivity contribution in [2.45, 2.75) is 37.5 Å². The van der Waals surface area contributed by atoms with E-state index in [1.807, 2.05) is 4.90 Å². The van der Waals surface area contributed by atoms with Crippen LogP contribution in [0.2, 0.25) is 0 Å². The number of halogens is 4. The van der Waals surface area contributed by atoms with E-state index in [0.717, 1.165) is 6.42 Å². The van der Waals surface area contributed by atoms with Crippen LogP contribution < -0.4 is 20.3 Å². The molecular formula is C18H19F4N7O2. The molecule has 0 amide bonds. The standard InChI is InChI=1S/C18H19F4N7O2/c19-16(20)31-15-14(23)24-5-12(25-15)11-4-13(28-2-1-18(21,22)8-28)27-17(26-11)29-6-10-3-9(29)7-30-10/h4-5,9-10,16H,1-3,6-8H2,(H2,23,24)/t9-,10-/m1/s1. The predicted molar refractivity (Wildman–Crippen MR) is 101 cm³/mol. The van der Waals surface area contributed by atoms with Gasteiger partial charge in [0.15, 0.2) is 5.82 Å². The number of hydrogen-bond donors (Lipinski definition) is 1. The molecule has 3 fully saturated rings. The number of rotatable bonds is 5. The third-order valence-electron chi connectivity index (χ3n) is 5.58. The topological polar surface area (TPSA) is 103 Å². The molecule has 0 spiro atoms. The Labute approximate surface area is 174 Å². The van der Waals surface area contributed by atoms with Gasteiger partial charge in [-0.3, -0.25) is 0 Å². The normalized spacial score (nSPS) is 24.4. The number of ether oxygens (including phenoxy) is 2. The summed E-state index contributed by atoms with van der Waals surface area (Å²) in [6, 6.07) is 1.57. The number of fused-ring (bicyclic) bond motifs is 2. The minimum atomic E-state index is -3.13. The van der Waals surface area contributed by atoms with Crippen LogP contribution >= 0.6 is 0 Å². The average molecular weight is 441 g/mol. The van der Waals surface area contributed by atoms with Crippen LogP contribution in [0.1, 0.15) is 12.8 Å². The summed E-state index contributed by atoms with van der Waals surface area (Å²) >= 11 is 0. The molecule has 3 aliphatic rings. The van der Waals surface area contributed by atoms with Gasteiger partial charge >= 0.3 is 6.61 Å². The first kappa shape index (κ1) is 20.0. The molecule has 3 aliphatic heterocycles. The maximum absolute atomic E-state index is 13.8. The van der Waals surface area contributed by atoms with Crippen molar-refractivity contribution in [2.75, 3.05) is 41.8 Å². The van der Waals surface area contributed by atoms with Gasteiger partial charge in [-0.05, 0) is 6.42 Å². The molecule has 5 heterocycles. The average Bonchev–Trinajstić information content (AvgIpc) is 3.44. The van der Waals surface area contributed by atoms with Gasteiger partial charge in [-0.2, -0.15) is 13.8 Å². The molecular weight excluding hydrogens is 422 g/mol. The summed E-state index contributed by atoms with van der Waals surface area (Å²) in [7, 11) is 0. The van der Waals surface area contributed by atoms with E-state index in [0.29, 0.717) is 24.9 Å². The lowest BCUT2D eigenvalue weighted by atomic mass is 10.2. The molecule has 31 heavy (non-hydrogen) atoms. The highest BCUT2D eigenvalue weighted by molar-refractivity contribution is 5.64. The smallest absolute Gasteiger partial charge is 0.388 e. The van der Waals surface area contributed by atoms with Gasteiger partial charge in [0.25, 0.3) is 11.8 Å². The second kappa shape index (κ2) is 7.32. The largest absolute Gasteiger partial charge is 0.413 e. The van der Waals surface area contributed by atoms with Gasteiger partial charge < -0.3 is 25.0 Å². The van der Waals surface area contributed by atoms with E-state index < -0.39 is 25.0 Å². The molecule has 13 heteroatoms. The Balaban J connectivity index is 1.55. The number of alkyl halides is 4. The third-order valence-corrected chi connectivity index (χ3v) is 5.58. The van der Waals surface area contributed by atoms with Gasteiger partial charge in [-0.25, -0.2) is 23.7 Å². The Kier molecular flexibility index (Phi) is 4.72. The first-order valence-electron chi connectivity index (χ1n) is 9.75. The summed E-state index contributed by atoms with van der Waals surface area (Å²) in [5.74, 6) is -3.00. The van der Waals surface area contributed by atoms with E-state index in [1.54, 1.807) is 0 Å². The molecule has 0 aliphatic carbocycles. The molecule has 5 rings (SSSR count). The summed E-state index contributed by atoms with van der Waals surface area (Å²) in [5.41, 5.74) is 5.92. The molecule has 0 saturated carbocycles. The first-order chi connectivity index (χ1) is 14.8. The number of nitrogens with two attached hydrogens (primary N) is 1. The zero-order valence-electron chi connectivity index (χ0n) is 16.2. The molecule has 2 aromatic rings. The van der Waals surface area contributed by atoms with Gasteiger partial charge in [-0.1, -0.05) is 0 Å². The Bertz CT molecular complexity index is 995. The second-order valence-corrected chi connectivity index (χ2v) is 7.76. The molecule has 2 atom stereocenters. The van der Waals surface area contributed by atoms with Gasteiger partial charge in [0.2, 0.25) is 5.95 Å². The van der Waals surface area contributed by atoms with E-state index in [9.17, 15) is 17.6 Å². The lowest BCUT2D eigenvalue weighted by Gasteiger charge is -2.28. The summed E-state index contributed by atoms with van der Waals surface area (Å²) in [4.78, 5) is 20.3. The number of anilines is 3. The number of aromatic nitrogens is 4. The second-order valence-electron chi connectivity index (χ2n) is 7.76. The fraction of sp³-hybridized carbons (Fsp3) is 0.556. The Morgan fingerprint density at radius 3 is 2.71 bits per heavy atom. The predicted octanol–water partition coefficient (Wildman–Crippen LogP) is 1.94. The molecule has 2 aromatic heterocycles. The number of morpholine rings is 1. The monoisotopic (exact) mass is 441 g/mol. The summed E-state index contributed by atoms with van der Waals surface area (Å²) in [6.45, 7) is -2.35. The van der Waals surface area contributed by atoms with Crippen LogP contribution in [0.3, 0.4) is 0 Å². The molecule has 0 aromatic carbocycles. The van der Waals surface area contributed by atoms with Crippen molar-refractivity contribution in [1.29, 1.82) is 0 Å². The van der Waals surface area contributed by atoms with Crippen molar-refractivity contribution in [3.63, 3.8) is 0 Å². The van der Waals surface area contributed by atoms with Crippen LogP contribution in [-0.2, 0) is 4.74 Å². The Morgan fingerprint density at radius 2 is 2.06 bits per heavy atom. The number of hydrogen-bond acceptors (Lipinski definition) is 9. The van der Waals surface area contributed by atoms with Gasteiger partial charge in [0.05, 0.1) is 37.2 Å². The van der Waals surface area contributed by atoms with Gasteiger partial charge in [-0.15, -0.1) is 0 Å². The van der Waals surface area contributed by atoms with Crippen LogP contribution in [0.4, 0.5) is 35.1 Å². The highest BCUT2D eigenvalue weighted by atomic mass is 19.3. The Morgan fingerprint density at radius 1 is 1.23 bits per heavy atom. The molecule has 2 N–H and O–H groups in total. The fourth-order valence-corrected chi connectivity index (χ4v) is 4.10. The maximum atomic E-state index is 13.8. The highest BCUT2D eigenvalue weighted by Gasteiger charge is 2.42. The lowest BCUT2D eigenvalue weighted by Crippen LogP contribution is -2.38. The molecule has 166 valence electrons. The summed E-state index contributed by atoms with van der Waals surface area (Å²) in [5, 5.41) is 0. The van der Waals surface area contributed by atoms with Crippen LogP contribution in [0.25, 0.3) is 11.4 Å². The van der Waals surface area contributed by atoms with Crippen molar-refractivity contribution in [2.24, 2.45) is 0 Å². The van der Waals surface area contributed by atoms with Crippen molar-refractivity contribution >= 4 is 17.6 Å². The van der Waals surface area contributed by atoms with Crippen LogP contribution in [0.15, 0.2) is 12.3 Å².